The number of nitrogens with two attached hydrogens (primary N) is 1. The zero-order chi connectivity index (χ0) is 15.6. The second-order valence-corrected chi connectivity index (χ2v) is 6.54. The van der Waals surface area contributed by atoms with E-state index >= 15 is 0 Å². The molecule has 0 heterocycles. The molecule has 0 aliphatic carbocycles. The topological polar surface area (TPSA) is 105 Å². The number of hydrogen-bond acceptors (Lipinski definition) is 4. The van der Waals surface area contributed by atoms with Gasteiger partial charge in [-0.2, -0.15) is 0 Å². The number of oxime groups is 1. The van der Waals surface area contributed by atoms with Crippen molar-refractivity contribution >= 4 is 15.9 Å². The van der Waals surface area contributed by atoms with Crippen LogP contribution < -0.4 is 10.5 Å². The Bertz CT molecular complexity index is 630. The van der Waals surface area contributed by atoms with Gasteiger partial charge in [0, 0.05) is 12.0 Å². The smallest absolute Gasteiger partial charge is 0.240 e. The number of rotatable bonds is 5. The van der Waals surface area contributed by atoms with Crippen molar-refractivity contribution in [1.29, 1.82) is 0 Å². The van der Waals surface area contributed by atoms with Crippen LogP contribution in [0.2, 0.25) is 0 Å². The minimum Gasteiger partial charge on any atom is -0.409 e. The lowest BCUT2D eigenvalue weighted by molar-refractivity contribution is 0.307. The monoisotopic (exact) mass is 307 g/mol. The van der Waals surface area contributed by atoms with Gasteiger partial charge in [0.25, 0.3) is 0 Å². The Hall–Kier alpha value is -1.74. The van der Waals surface area contributed by atoms with E-state index in [-0.39, 0.29) is 12.4 Å². The van der Waals surface area contributed by atoms with Crippen LogP contribution in [-0.4, -0.2) is 26.0 Å². The molecule has 0 aliphatic rings. The minimum atomic E-state index is -4.02. The maximum absolute atomic E-state index is 13.0. The van der Waals surface area contributed by atoms with Gasteiger partial charge >= 0.3 is 0 Å². The van der Waals surface area contributed by atoms with Crippen molar-refractivity contribution < 1.29 is 22.4 Å². The molecule has 0 radical (unpaired) electrons. The predicted octanol–water partition coefficient (Wildman–Crippen LogP) is 1.02. The maximum Gasteiger partial charge on any atom is 0.240 e. The fourth-order valence-corrected chi connectivity index (χ4v) is 2.45. The van der Waals surface area contributed by atoms with Gasteiger partial charge in [-0.05, 0) is 18.2 Å². The number of amidine groups is 1. The third-order valence-electron chi connectivity index (χ3n) is 2.71. The molecule has 6 nitrogen and oxygen atoms in total. The SMILES string of the molecule is CC(C)(CNS(=O)(=O)c1ccc(F)c(F)c1)/C(N)=N/O. The molecular weight excluding hydrogens is 292 g/mol. The molecular formula is C11H15F2N3O3S. The van der Waals surface area contributed by atoms with Gasteiger partial charge in [0.15, 0.2) is 11.6 Å². The summed E-state index contributed by atoms with van der Waals surface area (Å²) >= 11 is 0. The van der Waals surface area contributed by atoms with Crippen molar-refractivity contribution in [2.45, 2.75) is 18.7 Å². The fourth-order valence-electron chi connectivity index (χ4n) is 1.23. The molecule has 1 aromatic rings. The van der Waals surface area contributed by atoms with Crippen molar-refractivity contribution in [1.82, 2.24) is 4.72 Å². The van der Waals surface area contributed by atoms with Crippen LogP contribution in [0.3, 0.4) is 0 Å². The first-order valence-corrected chi connectivity index (χ1v) is 7.01. The molecule has 0 aromatic heterocycles. The Morgan fingerprint density at radius 2 is 2.00 bits per heavy atom. The number of benzene rings is 1. The maximum atomic E-state index is 13.0. The molecule has 112 valence electrons. The van der Waals surface area contributed by atoms with Gasteiger partial charge in [-0.15, -0.1) is 0 Å². The number of nitrogens with one attached hydrogen (secondary N) is 1. The summed E-state index contributed by atoms with van der Waals surface area (Å²) in [5.41, 5.74) is 4.47. The zero-order valence-corrected chi connectivity index (χ0v) is 11.7. The van der Waals surface area contributed by atoms with Gasteiger partial charge in [-0.3, -0.25) is 0 Å². The third kappa shape index (κ3) is 3.64. The van der Waals surface area contributed by atoms with Crippen LogP contribution in [0.25, 0.3) is 0 Å². The Kier molecular flexibility index (Phi) is 4.66. The van der Waals surface area contributed by atoms with Crippen molar-refractivity contribution in [2.75, 3.05) is 6.54 Å². The van der Waals surface area contributed by atoms with E-state index in [1.165, 1.54) is 0 Å². The summed E-state index contributed by atoms with van der Waals surface area (Å²) in [6.45, 7) is 2.93. The summed E-state index contributed by atoms with van der Waals surface area (Å²) in [4.78, 5) is -0.410. The highest BCUT2D eigenvalue weighted by Gasteiger charge is 2.27. The van der Waals surface area contributed by atoms with Gasteiger partial charge in [0.2, 0.25) is 10.0 Å². The van der Waals surface area contributed by atoms with Crippen LogP contribution in [0.4, 0.5) is 8.78 Å². The van der Waals surface area contributed by atoms with Crippen LogP contribution in [0.15, 0.2) is 28.3 Å². The van der Waals surface area contributed by atoms with Crippen LogP contribution in [0.1, 0.15) is 13.8 Å². The lowest BCUT2D eigenvalue weighted by atomic mass is 9.93. The molecule has 1 aromatic carbocycles. The summed E-state index contributed by atoms with van der Waals surface area (Å²) in [6.07, 6.45) is 0. The number of halogens is 2. The Labute approximate surface area is 115 Å². The van der Waals surface area contributed by atoms with Crippen LogP contribution in [0.5, 0.6) is 0 Å². The fraction of sp³-hybridized carbons (Fsp3) is 0.364. The van der Waals surface area contributed by atoms with Crippen LogP contribution in [-0.2, 0) is 10.0 Å². The molecule has 0 saturated carbocycles. The van der Waals surface area contributed by atoms with E-state index < -0.39 is 32.0 Å². The summed E-state index contributed by atoms with van der Waals surface area (Å²) in [5.74, 6) is -2.56. The third-order valence-corrected chi connectivity index (χ3v) is 4.11. The highest BCUT2D eigenvalue weighted by molar-refractivity contribution is 7.89. The lowest BCUT2D eigenvalue weighted by Gasteiger charge is -2.23. The lowest BCUT2D eigenvalue weighted by Crippen LogP contribution is -2.42. The van der Waals surface area contributed by atoms with E-state index in [4.69, 9.17) is 10.9 Å². The largest absolute Gasteiger partial charge is 0.409 e. The van der Waals surface area contributed by atoms with Crippen molar-refractivity contribution in [3.8, 4) is 0 Å². The van der Waals surface area contributed by atoms with Gasteiger partial charge in [-0.1, -0.05) is 19.0 Å². The van der Waals surface area contributed by atoms with Gasteiger partial charge in [0.05, 0.1) is 4.90 Å². The Morgan fingerprint density at radius 3 is 2.50 bits per heavy atom. The van der Waals surface area contributed by atoms with Crippen molar-refractivity contribution in [2.24, 2.45) is 16.3 Å². The molecule has 0 saturated heterocycles. The van der Waals surface area contributed by atoms with E-state index in [0.717, 1.165) is 12.1 Å². The summed E-state index contributed by atoms with van der Waals surface area (Å²) in [5, 5.41) is 11.4. The average molecular weight is 307 g/mol. The zero-order valence-electron chi connectivity index (χ0n) is 10.9. The summed E-state index contributed by atoms with van der Waals surface area (Å²) in [6, 6.07) is 2.24. The van der Waals surface area contributed by atoms with Crippen molar-refractivity contribution in [3.05, 3.63) is 29.8 Å². The molecule has 0 unspecified atom stereocenters. The standard InChI is InChI=1S/C11H15F2N3O3S/c1-11(2,10(14)16-17)6-15-20(18,19)7-3-4-8(12)9(13)5-7/h3-5,15,17H,6H2,1-2H3,(H2,14,16). The highest BCUT2D eigenvalue weighted by atomic mass is 32.2. The van der Waals surface area contributed by atoms with E-state index in [0.29, 0.717) is 6.07 Å². The number of sulfonamides is 1. The first-order valence-electron chi connectivity index (χ1n) is 5.53. The molecule has 0 bridgehead atoms. The predicted molar refractivity (Wildman–Crippen MR) is 68.7 cm³/mol. The number of nitrogens with zero attached hydrogens (tertiary/aromatic N) is 1. The Morgan fingerprint density at radius 1 is 1.40 bits per heavy atom. The molecule has 0 amide bonds. The molecule has 1 rings (SSSR count). The average Bonchev–Trinajstić information content (AvgIpc) is 2.38. The minimum absolute atomic E-state index is 0.162. The molecule has 0 spiro atoms. The quantitative estimate of drug-likeness (QED) is 0.327. The second kappa shape index (κ2) is 5.71. The highest BCUT2D eigenvalue weighted by Crippen LogP contribution is 2.17. The summed E-state index contributed by atoms with van der Waals surface area (Å²) in [7, 11) is -4.02. The van der Waals surface area contributed by atoms with Crippen LogP contribution in [0, 0.1) is 17.0 Å². The van der Waals surface area contributed by atoms with E-state index in [2.05, 4.69) is 9.88 Å². The van der Waals surface area contributed by atoms with Gasteiger partial charge in [0.1, 0.15) is 5.84 Å². The molecule has 0 atom stereocenters. The van der Waals surface area contributed by atoms with Gasteiger partial charge < -0.3 is 10.9 Å². The number of hydrogen-bond donors (Lipinski definition) is 3. The second-order valence-electron chi connectivity index (χ2n) is 4.77. The molecule has 0 aliphatic heterocycles. The first kappa shape index (κ1) is 16.3. The van der Waals surface area contributed by atoms with Crippen molar-refractivity contribution in [3.63, 3.8) is 0 Å². The van der Waals surface area contributed by atoms with Gasteiger partial charge in [-0.25, -0.2) is 21.9 Å². The van der Waals surface area contributed by atoms with Crippen LogP contribution >= 0.6 is 0 Å². The molecule has 9 heteroatoms. The molecule has 4 N–H and O–H groups in total. The first-order chi connectivity index (χ1) is 9.10. The molecule has 0 fully saturated rings. The van der Waals surface area contributed by atoms with E-state index in [9.17, 15) is 17.2 Å². The molecule has 20 heavy (non-hydrogen) atoms. The summed E-state index contributed by atoms with van der Waals surface area (Å²) < 4.78 is 51.8. The normalized spacial score (nSPS) is 13.5. The Balaban J connectivity index is 2.94. The van der Waals surface area contributed by atoms with E-state index in [1.807, 2.05) is 0 Å². The van der Waals surface area contributed by atoms with E-state index in [1.54, 1.807) is 13.8 Å².